The molecule has 0 saturated carbocycles. The Balaban J connectivity index is 1.56. The van der Waals surface area contributed by atoms with Crippen molar-refractivity contribution in [1.82, 2.24) is 16.0 Å². The topological polar surface area (TPSA) is 117 Å². The number of rotatable bonds is 12. The minimum absolute atomic E-state index is 0.0245. The van der Waals surface area contributed by atoms with Crippen LogP contribution in [0.1, 0.15) is 35.6 Å². The van der Waals surface area contributed by atoms with Crippen molar-refractivity contribution in [2.75, 3.05) is 13.2 Å². The van der Waals surface area contributed by atoms with Crippen LogP contribution in [0, 0.1) is 5.92 Å². The van der Waals surface area contributed by atoms with Crippen molar-refractivity contribution in [1.29, 1.82) is 0 Å². The summed E-state index contributed by atoms with van der Waals surface area (Å²) in [5.41, 5.74) is 0.180. The molecular weight excluding hydrogens is 603 g/mol. The van der Waals surface area contributed by atoms with Crippen molar-refractivity contribution in [2.24, 2.45) is 5.92 Å². The molecule has 1 fully saturated rings. The van der Waals surface area contributed by atoms with E-state index in [0.717, 1.165) is 6.07 Å². The Morgan fingerprint density at radius 1 is 1.00 bits per heavy atom. The number of aliphatic hydroxyl groups excluding tert-OH is 1. The molecule has 3 amide bonds. The average Bonchev–Trinajstić information content (AvgIpc) is 3.40. The number of amides is 3. The fraction of sp³-hybridized carbons (Fsp3) is 0.323. The van der Waals surface area contributed by atoms with E-state index in [2.05, 4.69) is 16.0 Å². The first-order chi connectivity index (χ1) is 20.6. The lowest BCUT2D eigenvalue weighted by atomic mass is 9.97. The van der Waals surface area contributed by atoms with Crippen LogP contribution in [0.15, 0.2) is 78.9 Å². The van der Waals surface area contributed by atoms with Gasteiger partial charge in [0.2, 0.25) is 11.8 Å². The van der Waals surface area contributed by atoms with E-state index in [4.69, 9.17) is 27.9 Å². The van der Waals surface area contributed by atoms with Crippen molar-refractivity contribution in [2.45, 2.75) is 43.4 Å². The van der Waals surface area contributed by atoms with Gasteiger partial charge < -0.3 is 25.8 Å². The highest BCUT2D eigenvalue weighted by Gasteiger charge is 2.46. The maximum Gasteiger partial charge on any atom is 0.408 e. The summed E-state index contributed by atoms with van der Waals surface area (Å²) in [7, 11) is 0. The van der Waals surface area contributed by atoms with Crippen LogP contribution >= 0.6 is 23.2 Å². The molecule has 0 aliphatic carbocycles. The molecule has 8 nitrogen and oxygen atoms in total. The molecule has 3 aromatic carbocycles. The highest BCUT2D eigenvalue weighted by Crippen LogP contribution is 2.43. The van der Waals surface area contributed by atoms with Crippen LogP contribution in [0.25, 0.3) is 0 Å². The minimum Gasteiger partial charge on any atom is -0.434 e. The zero-order chi connectivity index (χ0) is 31.0. The van der Waals surface area contributed by atoms with Crippen LogP contribution in [0.5, 0.6) is 0 Å². The van der Waals surface area contributed by atoms with E-state index in [1.807, 2.05) is 0 Å². The number of nitrogens with one attached hydrogen (secondary N) is 3. The quantitative estimate of drug-likeness (QED) is 0.220. The Kier molecular flexibility index (Phi) is 11.0. The van der Waals surface area contributed by atoms with Crippen LogP contribution in [0.2, 0.25) is 10.0 Å². The number of hydrogen-bond donors (Lipinski definition) is 4. The number of alkyl halides is 2. The first-order valence-corrected chi connectivity index (χ1v) is 14.4. The molecule has 1 aliphatic rings. The fourth-order valence-electron chi connectivity index (χ4n) is 4.87. The van der Waals surface area contributed by atoms with Crippen molar-refractivity contribution >= 4 is 41.1 Å². The van der Waals surface area contributed by atoms with Gasteiger partial charge in [-0.05, 0) is 48.2 Å². The van der Waals surface area contributed by atoms with Gasteiger partial charge in [0.05, 0.1) is 12.6 Å². The maximum absolute atomic E-state index is 15.9. The van der Waals surface area contributed by atoms with Gasteiger partial charge in [0.1, 0.15) is 6.04 Å². The molecular formula is C31H31Cl2F2N3O5. The zero-order valence-corrected chi connectivity index (χ0v) is 24.5. The molecule has 4 atom stereocenters. The lowest BCUT2D eigenvalue weighted by molar-refractivity contribution is -0.127. The third-order valence-electron chi connectivity index (χ3n) is 7.13. The Morgan fingerprint density at radius 3 is 2.35 bits per heavy atom. The van der Waals surface area contributed by atoms with Gasteiger partial charge in [0, 0.05) is 34.5 Å². The van der Waals surface area contributed by atoms with Crippen LogP contribution in [-0.2, 0) is 26.7 Å². The van der Waals surface area contributed by atoms with Gasteiger partial charge >= 0.3 is 12.0 Å². The number of halogens is 4. The summed E-state index contributed by atoms with van der Waals surface area (Å²) in [4.78, 5) is 38.6. The molecule has 4 N–H and O–H groups in total. The third-order valence-corrected chi connectivity index (χ3v) is 7.61. The molecule has 1 aliphatic heterocycles. The highest BCUT2D eigenvalue weighted by molar-refractivity contribution is 6.30. The zero-order valence-electron chi connectivity index (χ0n) is 22.9. The highest BCUT2D eigenvalue weighted by atomic mass is 35.5. The Morgan fingerprint density at radius 2 is 1.72 bits per heavy atom. The second kappa shape index (κ2) is 14.6. The summed E-state index contributed by atoms with van der Waals surface area (Å²) in [6.45, 7) is 0.0557. The SMILES string of the molecule is O=C(N[C@@H](Cc1ccc(Cl)cc1)C(=O)N[C@H](CO)C[C@@H]1CCNC1=O)OC(c1ccccc1)C(F)(F)c1cccc(Cl)c1. The Labute approximate surface area is 257 Å². The summed E-state index contributed by atoms with van der Waals surface area (Å²) in [5.74, 6) is -4.94. The predicted molar refractivity (Wildman–Crippen MR) is 158 cm³/mol. The molecule has 1 unspecified atom stereocenters. The van der Waals surface area contributed by atoms with Gasteiger partial charge in [0.15, 0.2) is 6.10 Å². The number of aliphatic hydroxyl groups is 1. The third kappa shape index (κ3) is 8.65. The molecule has 0 bridgehead atoms. The molecule has 1 heterocycles. The second-order valence-electron chi connectivity index (χ2n) is 10.3. The molecule has 0 spiro atoms. The molecule has 228 valence electrons. The van der Waals surface area contributed by atoms with Crippen LogP contribution in [0.3, 0.4) is 0 Å². The number of ether oxygens (including phenoxy) is 1. The van der Waals surface area contributed by atoms with E-state index in [9.17, 15) is 19.5 Å². The summed E-state index contributed by atoms with van der Waals surface area (Å²) in [6.07, 6.45) is -2.61. The summed E-state index contributed by atoms with van der Waals surface area (Å²) in [5, 5.41) is 18.2. The van der Waals surface area contributed by atoms with Gasteiger partial charge in [-0.25, -0.2) is 4.79 Å². The summed E-state index contributed by atoms with van der Waals surface area (Å²) < 4.78 is 37.0. The van der Waals surface area contributed by atoms with Gasteiger partial charge in [-0.1, -0.05) is 77.8 Å². The summed E-state index contributed by atoms with van der Waals surface area (Å²) in [6, 6.07) is 17.1. The molecule has 3 aromatic rings. The number of carbonyl (C=O) groups is 3. The van der Waals surface area contributed by atoms with Gasteiger partial charge in [-0.3, -0.25) is 9.59 Å². The van der Waals surface area contributed by atoms with Crippen molar-refractivity contribution in [3.63, 3.8) is 0 Å². The lowest BCUT2D eigenvalue weighted by Gasteiger charge is -2.29. The van der Waals surface area contributed by atoms with Crippen molar-refractivity contribution in [3.05, 3.63) is 106 Å². The average molecular weight is 635 g/mol. The minimum atomic E-state index is -3.69. The van der Waals surface area contributed by atoms with E-state index >= 15 is 8.78 Å². The molecule has 1 saturated heterocycles. The van der Waals surface area contributed by atoms with Crippen LogP contribution < -0.4 is 16.0 Å². The van der Waals surface area contributed by atoms with E-state index < -0.39 is 48.3 Å². The van der Waals surface area contributed by atoms with Gasteiger partial charge in [-0.2, -0.15) is 8.78 Å². The van der Waals surface area contributed by atoms with Crippen LogP contribution in [-0.4, -0.2) is 48.2 Å². The number of carbonyl (C=O) groups excluding carboxylic acids is 3. The normalized spacial score (nSPS) is 17.0. The molecule has 0 radical (unpaired) electrons. The number of alkyl carbamates (subject to hydrolysis) is 1. The number of hydrogen-bond acceptors (Lipinski definition) is 5. The maximum atomic E-state index is 15.9. The van der Waals surface area contributed by atoms with E-state index in [-0.39, 0.29) is 35.3 Å². The largest absolute Gasteiger partial charge is 0.434 e. The predicted octanol–water partition coefficient (Wildman–Crippen LogP) is 5.17. The first kappa shape index (κ1) is 32.2. The van der Waals surface area contributed by atoms with E-state index in [1.54, 1.807) is 30.3 Å². The van der Waals surface area contributed by atoms with Gasteiger partial charge in [0.25, 0.3) is 0 Å². The number of benzene rings is 3. The molecule has 0 aromatic heterocycles. The Bertz CT molecular complexity index is 1410. The standard InChI is InChI=1S/C31H31Cl2F2N3O5/c32-23-11-9-19(10-12-23)15-26(29(41)37-25(18-39)16-21-13-14-36-28(21)40)38-30(42)43-27(20-5-2-1-3-6-20)31(34,35)22-7-4-8-24(33)17-22/h1-12,17,21,25-27,39H,13-16,18H2,(H,36,40)(H,37,41)(H,38,42)/t21-,25-,26-,27?/m0/s1. The van der Waals surface area contributed by atoms with E-state index in [1.165, 1.54) is 42.5 Å². The van der Waals surface area contributed by atoms with Crippen molar-refractivity contribution in [3.8, 4) is 0 Å². The monoisotopic (exact) mass is 633 g/mol. The molecule has 12 heteroatoms. The van der Waals surface area contributed by atoms with Crippen LogP contribution in [0.4, 0.5) is 13.6 Å². The Hall–Kier alpha value is -3.73. The molecule has 4 rings (SSSR count). The lowest BCUT2D eigenvalue weighted by Crippen LogP contribution is -2.52. The summed E-state index contributed by atoms with van der Waals surface area (Å²) >= 11 is 12.0. The molecule has 43 heavy (non-hydrogen) atoms. The fourth-order valence-corrected chi connectivity index (χ4v) is 5.19. The van der Waals surface area contributed by atoms with Gasteiger partial charge in [-0.15, -0.1) is 0 Å². The van der Waals surface area contributed by atoms with E-state index in [0.29, 0.717) is 23.6 Å². The first-order valence-electron chi connectivity index (χ1n) is 13.7. The second-order valence-corrected chi connectivity index (χ2v) is 11.1. The van der Waals surface area contributed by atoms with Crippen molar-refractivity contribution < 1.29 is 33.0 Å². The smallest absolute Gasteiger partial charge is 0.408 e.